The number of carbonyl (C=O) groups is 1. The van der Waals surface area contributed by atoms with E-state index in [1.54, 1.807) is 0 Å². The van der Waals surface area contributed by atoms with Gasteiger partial charge in [0.25, 0.3) is 5.91 Å². The van der Waals surface area contributed by atoms with Crippen molar-refractivity contribution in [3.8, 4) is 5.75 Å². The van der Waals surface area contributed by atoms with Gasteiger partial charge < -0.3 is 10.1 Å². The predicted molar refractivity (Wildman–Crippen MR) is 113 cm³/mol. The number of hydrogen-bond donors (Lipinski definition) is 1. The van der Waals surface area contributed by atoms with Gasteiger partial charge >= 0.3 is 0 Å². The van der Waals surface area contributed by atoms with E-state index >= 15 is 0 Å². The molecule has 0 saturated carbocycles. The molecule has 0 fully saturated rings. The lowest BCUT2D eigenvalue weighted by atomic mass is 9.92. The molecule has 0 aromatic heterocycles. The minimum absolute atomic E-state index is 0.0180. The van der Waals surface area contributed by atoms with E-state index in [1.807, 2.05) is 30.8 Å². The van der Waals surface area contributed by atoms with Crippen LogP contribution < -0.4 is 10.1 Å². The van der Waals surface area contributed by atoms with Crippen molar-refractivity contribution in [2.24, 2.45) is 0 Å². The summed E-state index contributed by atoms with van der Waals surface area (Å²) in [5.74, 6) is 2.67. The Morgan fingerprint density at radius 3 is 2.67 bits per heavy atom. The molecule has 144 valence electrons. The standard InChI is InChI=1S/C23H29NO2S/c1-2-22(26-21-13-12-19-10-6-7-11-20(19)16-21)23(25)24-14-15-27-17-18-8-4-3-5-9-18/h3-5,8-9,12-13,16,22H,2,6-7,10-11,14-15,17H2,1H3,(H,24,25). The number of aryl methyl sites for hydroxylation is 2. The Labute approximate surface area is 166 Å². The Morgan fingerprint density at radius 2 is 1.89 bits per heavy atom. The van der Waals surface area contributed by atoms with E-state index in [0.29, 0.717) is 13.0 Å². The summed E-state index contributed by atoms with van der Waals surface area (Å²) >= 11 is 1.83. The minimum atomic E-state index is -0.425. The van der Waals surface area contributed by atoms with Crippen molar-refractivity contribution in [1.29, 1.82) is 0 Å². The van der Waals surface area contributed by atoms with Crippen molar-refractivity contribution >= 4 is 17.7 Å². The van der Waals surface area contributed by atoms with E-state index in [4.69, 9.17) is 4.74 Å². The second kappa shape index (κ2) is 10.4. The van der Waals surface area contributed by atoms with Gasteiger partial charge in [0.1, 0.15) is 5.75 Å². The second-order valence-corrected chi connectivity index (χ2v) is 8.09. The first kappa shape index (κ1) is 19.8. The number of amides is 1. The molecule has 0 heterocycles. The minimum Gasteiger partial charge on any atom is -0.481 e. The van der Waals surface area contributed by atoms with Gasteiger partial charge in [-0.3, -0.25) is 4.79 Å². The third-order valence-electron chi connectivity index (χ3n) is 4.92. The number of hydrogen-bond acceptors (Lipinski definition) is 3. The summed E-state index contributed by atoms with van der Waals surface area (Å²) in [5, 5.41) is 3.02. The summed E-state index contributed by atoms with van der Waals surface area (Å²) in [5.41, 5.74) is 4.13. The Morgan fingerprint density at radius 1 is 1.11 bits per heavy atom. The van der Waals surface area contributed by atoms with Gasteiger partial charge in [-0.25, -0.2) is 0 Å². The van der Waals surface area contributed by atoms with Crippen LogP contribution in [0.3, 0.4) is 0 Å². The molecule has 1 amide bonds. The highest BCUT2D eigenvalue weighted by atomic mass is 32.2. The van der Waals surface area contributed by atoms with Crippen molar-refractivity contribution in [3.63, 3.8) is 0 Å². The van der Waals surface area contributed by atoms with Crippen LogP contribution in [0.1, 0.15) is 42.9 Å². The quantitative estimate of drug-likeness (QED) is 0.634. The molecule has 27 heavy (non-hydrogen) atoms. The fourth-order valence-corrected chi connectivity index (χ4v) is 4.21. The van der Waals surface area contributed by atoms with Gasteiger partial charge in [-0.15, -0.1) is 0 Å². The highest BCUT2D eigenvalue weighted by Crippen LogP contribution is 2.26. The van der Waals surface area contributed by atoms with Crippen molar-refractivity contribution < 1.29 is 9.53 Å². The molecular weight excluding hydrogens is 354 g/mol. The Kier molecular flexibility index (Phi) is 7.64. The first-order valence-corrected chi connectivity index (χ1v) is 11.1. The van der Waals surface area contributed by atoms with Crippen molar-refractivity contribution in [2.75, 3.05) is 12.3 Å². The van der Waals surface area contributed by atoms with Crippen molar-refractivity contribution in [2.45, 2.75) is 50.9 Å². The van der Waals surface area contributed by atoms with Crippen LogP contribution in [0.4, 0.5) is 0 Å². The van der Waals surface area contributed by atoms with Gasteiger partial charge in [-0.2, -0.15) is 11.8 Å². The first-order chi connectivity index (χ1) is 13.3. The molecule has 1 atom stereocenters. The van der Waals surface area contributed by atoms with E-state index < -0.39 is 6.10 Å². The van der Waals surface area contributed by atoms with Crippen LogP contribution in [0, 0.1) is 0 Å². The highest BCUT2D eigenvalue weighted by molar-refractivity contribution is 7.98. The van der Waals surface area contributed by atoms with Gasteiger partial charge in [0, 0.05) is 18.1 Å². The van der Waals surface area contributed by atoms with Crippen LogP contribution in [-0.4, -0.2) is 24.3 Å². The summed E-state index contributed by atoms with van der Waals surface area (Å²) in [6.07, 6.45) is 5.04. The average molecular weight is 384 g/mol. The molecule has 3 rings (SSSR count). The molecule has 0 radical (unpaired) electrons. The van der Waals surface area contributed by atoms with Crippen LogP contribution in [0.25, 0.3) is 0 Å². The van der Waals surface area contributed by atoms with Crippen LogP contribution in [0.5, 0.6) is 5.75 Å². The lowest BCUT2D eigenvalue weighted by molar-refractivity contribution is -0.127. The molecule has 0 spiro atoms. The molecule has 1 aliphatic carbocycles. The molecule has 1 aliphatic rings. The molecule has 2 aromatic rings. The lowest BCUT2D eigenvalue weighted by Crippen LogP contribution is -2.39. The summed E-state index contributed by atoms with van der Waals surface area (Å²) in [6, 6.07) is 16.7. The summed E-state index contributed by atoms with van der Waals surface area (Å²) in [6.45, 7) is 2.66. The van der Waals surface area contributed by atoms with E-state index in [-0.39, 0.29) is 5.91 Å². The molecule has 0 bridgehead atoms. The number of fused-ring (bicyclic) bond motifs is 1. The monoisotopic (exact) mass is 383 g/mol. The Hall–Kier alpha value is -1.94. The largest absolute Gasteiger partial charge is 0.481 e. The fourth-order valence-electron chi connectivity index (χ4n) is 3.39. The van der Waals surface area contributed by atoms with Gasteiger partial charge in [0.05, 0.1) is 0 Å². The number of carbonyl (C=O) groups excluding carboxylic acids is 1. The number of nitrogens with one attached hydrogen (secondary N) is 1. The molecule has 4 heteroatoms. The zero-order valence-corrected chi connectivity index (χ0v) is 16.9. The maximum Gasteiger partial charge on any atom is 0.261 e. The van der Waals surface area contributed by atoms with E-state index in [0.717, 1.165) is 30.1 Å². The molecular formula is C23H29NO2S. The molecule has 0 saturated heterocycles. The van der Waals surface area contributed by atoms with Crippen LogP contribution in [0.15, 0.2) is 48.5 Å². The maximum atomic E-state index is 12.5. The summed E-state index contributed by atoms with van der Waals surface area (Å²) in [4.78, 5) is 12.5. The maximum absolute atomic E-state index is 12.5. The zero-order valence-electron chi connectivity index (χ0n) is 16.1. The topological polar surface area (TPSA) is 38.3 Å². The number of rotatable bonds is 9. The van der Waals surface area contributed by atoms with Crippen LogP contribution >= 0.6 is 11.8 Å². The molecule has 1 N–H and O–H groups in total. The normalized spacial score (nSPS) is 14.3. The third kappa shape index (κ3) is 6.03. The second-order valence-electron chi connectivity index (χ2n) is 6.98. The summed E-state index contributed by atoms with van der Waals surface area (Å²) < 4.78 is 6.00. The smallest absolute Gasteiger partial charge is 0.261 e. The molecule has 2 aromatic carbocycles. The molecule has 1 unspecified atom stereocenters. The van der Waals surface area contributed by atoms with Crippen molar-refractivity contribution in [3.05, 3.63) is 65.2 Å². The van der Waals surface area contributed by atoms with Gasteiger partial charge in [0.15, 0.2) is 6.10 Å². The van der Waals surface area contributed by atoms with Gasteiger partial charge in [-0.05, 0) is 60.9 Å². The first-order valence-electron chi connectivity index (χ1n) is 9.94. The number of benzene rings is 2. The average Bonchev–Trinajstić information content (AvgIpc) is 2.72. The predicted octanol–water partition coefficient (Wildman–Crippen LogP) is 4.77. The van der Waals surface area contributed by atoms with E-state index in [9.17, 15) is 4.79 Å². The Balaban J connectivity index is 1.42. The summed E-state index contributed by atoms with van der Waals surface area (Å²) in [7, 11) is 0. The molecule has 0 aliphatic heterocycles. The van der Waals surface area contributed by atoms with Crippen LogP contribution in [0.2, 0.25) is 0 Å². The zero-order chi connectivity index (χ0) is 18.9. The SMILES string of the molecule is CCC(Oc1ccc2c(c1)CCCC2)C(=O)NCCSCc1ccccc1. The van der Waals surface area contributed by atoms with Crippen molar-refractivity contribution in [1.82, 2.24) is 5.32 Å². The fraction of sp³-hybridized carbons (Fsp3) is 0.435. The number of thioether (sulfide) groups is 1. The molecule has 3 nitrogen and oxygen atoms in total. The highest BCUT2D eigenvalue weighted by Gasteiger charge is 2.19. The van der Waals surface area contributed by atoms with E-state index in [1.165, 1.54) is 29.5 Å². The van der Waals surface area contributed by atoms with Gasteiger partial charge in [0.2, 0.25) is 0 Å². The van der Waals surface area contributed by atoms with Crippen LogP contribution in [-0.2, 0) is 23.4 Å². The lowest BCUT2D eigenvalue weighted by Gasteiger charge is -2.20. The number of ether oxygens (including phenoxy) is 1. The Bertz CT molecular complexity index is 732. The third-order valence-corrected chi connectivity index (χ3v) is 5.95. The van der Waals surface area contributed by atoms with Gasteiger partial charge in [-0.1, -0.05) is 43.3 Å². The van der Waals surface area contributed by atoms with E-state index in [2.05, 4.69) is 41.7 Å².